The van der Waals surface area contributed by atoms with Gasteiger partial charge in [0.15, 0.2) is 0 Å². The lowest BCUT2D eigenvalue weighted by atomic mass is 10.2. The van der Waals surface area contributed by atoms with E-state index in [4.69, 9.17) is 25.8 Å². The van der Waals surface area contributed by atoms with Gasteiger partial charge in [-0.25, -0.2) is 4.79 Å². The van der Waals surface area contributed by atoms with Crippen LogP contribution in [-0.2, 0) is 19.1 Å². The van der Waals surface area contributed by atoms with Gasteiger partial charge >= 0.3 is 11.9 Å². The second-order valence-electron chi connectivity index (χ2n) is 5.13. The molecule has 0 spiro atoms. The lowest BCUT2D eigenvalue weighted by Crippen LogP contribution is -2.39. The normalized spacial score (nSPS) is 12.4. The highest BCUT2D eigenvalue weighted by atomic mass is 35.5. The molecule has 0 heterocycles. The van der Waals surface area contributed by atoms with Gasteiger partial charge in [0.05, 0.1) is 31.4 Å². The quantitative estimate of drug-likeness (QED) is 0.347. The van der Waals surface area contributed by atoms with Crippen molar-refractivity contribution >= 4 is 35.3 Å². The van der Waals surface area contributed by atoms with Crippen molar-refractivity contribution in [1.29, 1.82) is 0 Å². The van der Waals surface area contributed by atoms with E-state index in [0.29, 0.717) is 17.2 Å². The van der Waals surface area contributed by atoms with Gasteiger partial charge in [0, 0.05) is 0 Å². The standard InChI is InChI=1S/C18H24ClNO5S/c1-4-24-17(21)11-13(25-16-8-6-5-7-14(16)19)12-20-15(9-10-26-3)18(22)23-2/h5-8,11,15,20H,4,9-10,12H2,1-3H3/t15-/m0/s1. The Hall–Kier alpha value is -1.70. The van der Waals surface area contributed by atoms with Crippen LogP contribution in [0, 0.1) is 0 Å². The highest BCUT2D eigenvalue weighted by Gasteiger charge is 2.19. The van der Waals surface area contributed by atoms with Crippen molar-refractivity contribution in [2.24, 2.45) is 0 Å². The fourth-order valence-electron chi connectivity index (χ4n) is 2.01. The molecule has 0 aliphatic rings. The Kier molecular flexibility index (Phi) is 10.8. The second-order valence-corrected chi connectivity index (χ2v) is 6.53. The second kappa shape index (κ2) is 12.6. The summed E-state index contributed by atoms with van der Waals surface area (Å²) in [4.78, 5) is 23.7. The number of para-hydroxylation sites is 1. The van der Waals surface area contributed by atoms with Crippen LogP contribution in [-0.4, -0.2) is 50.3 Å². The summed E-state index contributed by atoms with van der Waals surface area (Å²) >= 11 is 7.73. The molecular formula is C18H24ClNO5S. The van der Waals surface area contributed by atoms with Crippen LogP contribution in [0.4, 0.5) is 0 Å². The third-order valence-corrected chi connectivity index (χ3v) is 4.22. The summed E-state index contributed by atoms with van der Waals surface area (Å²) in [5.41, 5.74) is 0. The van der Waals surface area contributed by atoms with Gasteiger partial charge in [0.25, 0.3) is 0 Å². The fraction of sp³-hybridized carbons (Fsp3) is 0.444. The zero-order chi connectivity index (χ0) is 19.4. The van der Waals surface area contributed by atoms with Crippen LogP contribution in [0.3, 0.4) is 0 Å². The smallest absolute Gasteiger partial charge is 0.334 e. The van der Waals surface area contributed by atoms with Crippen LogP contribution >= 0.6 is 23.4 Å². The molecule has 1 aromatic carbocycles. The predicted octanol–water partition coefficient (Wildman–Crippen LogP) is 3.05. The van der Waals surface area contributed by atoms with E-state index >= 15 is 0 Å². The largest absolute Gasteiger partial charge is 0.468 e. The average Bonchev–Trinajstić information content (AvgIpc) is 2.63. The number of ether oxygens (including phenoxy) is 3. The summed E-state index contributed by atoms with van der Waals surface area (Å²) in [7, 11) is 1.34. The maximum absolute atomic E-state index is 11.9. The SMILES string of the molecule is CCOC(=O)C=C(CN[C@@H](CCSC)C(=O)OC)Oc1ccccc1Cl. The Morgan fingerprint density at radius 2 is 2.08 bits per heavy atom. The van der Waals surface area contributed by atoms with Crippen molar-refractivity contribution < 1.29 is 23.8 Å². The minimum atomic E-state index is -0.532. The molecule has 0 saturated heterocycles. The van der Waals surface area contributed by atoms with Gasteiger partial charge in [-0.3, -0.25) is 10.1 Å². The van der Waals surface area contributed by atoms with E-state index in [1.807, 2.05) is 6.26 Å². The molecule has 0 unspecified atom stereocenters. The summed E-state index contributed by atoms with van der Waals surface area (Å²) < 4.78 is 15.5. The summed E-state index contributed by atoms with van der Waals surface area (Å²) in [6, 6.07) is 6.41. The van der Waals surface area contributed by atoms with Crippen molar-refractivity contribution in [1.82, 2.24) is 5.32 Å². The summed E-state index contributed by atoms with van der Waals surface area (Å²) in [6.07, 6.45) is 3.79. The molecule has 1 N–H and O–H groups in total. The number of thioether (sulfide) groups is 1. The van der Waals surface area contributed by atoms with Gasteiger partial charge in [-0.2, -0.15) is 11.8 Å². The van der Waals surface area contributed by atoms with Crippen LogP contribution in [0.1, 0.15) is 13.3 Å². The minimum Gasteiger partial charge on any atom is -0.468 e. The summed E-state index contributed by atoms with van der Waals surface area (Å²) in [6.45, 7) is 2.10. The van der Waals surface area contributed by atoms with Crippen LogP contribution in [0.25, 0.3) is 0 Å². The highest BCUT2D eigenvalue weighted by molar-refractivity contribution is 7.98. The van der Waals surface area contributed by atoms with Gasteiger partial charge in [0.2, 0.25) is 0 Å². The molecule has 0 saturated carbocycles. The Morgan fingerprint density at radius 1 is 1.35 bits per heavy atom. The van der Waals surface area contributed by atoms with Crippen molar-refractivity contribution in [3.8, 4) is 5.75 Å². The van der Waals surface area contributed by atoms with Gasteiger partial charge in [-0.05, 0) is 37.5 Å². The third-order valence-electron chi connectivity index (χ3n) is 3.26. The number of nitrogens with one attached hydrogen (secondary N) is 1. The molecule has 0 fully saturated rings. The first-order valence-corrected chi connectivity index (χ1v) is 9.88. The molecule has 6 nitrogen and oxygen atoms in total. The predicted molar refractivity (Wildman–Crippen MR) is 104 cm³/mol. The molecule has 0 bridgehead atoms. The lowest BCUT2D eigenvalue weighted by Gasteiger charge is -2.18. The number of methoxy groups -OCH3 is 1. The molecule has 0 aliphatic carbocycles. The molecule has 8 heteroatoms. The first kappa shape index (κ1) is 22.3. The van der Waals surface area contributed by atoms with Gasteiger partial charge in [-0.15, -0.1) is 0 Å². The van der Waals surface area contributed by atoms with E-state index in [0.717, 1.165) is 5.75 Å². The fourth-order valence-corrected chi connectivity index (χ4v) is 2.65. The zero-order valence-electron chi connectivity index (χ0n) is 15.1. The number of benzene rings is 1. The first-order valence-electron chi connectivity index (χ1n) is 8.11. The monoisotopic (exact) mass is 401 g/mol. The maximum Gasteiger partial charge on any atom is 0.334 e. The number of rotatable bonds is 11. The molecular weight excluding hydrogens is 378 g/mol. The number of carbonyl (C=O) groups excluding carboxylic acids is 2. The zero-order valence-corrected chi connectivity index (χ0v) is 16.7. The van der Waals surface area contributed by atoms with E-state index in [2.05, 4.69) is 5.32 Å². The molecule has 1 atom stereocenters. The molecule has 1 rings (SSSR count). The van der Waals surface area contributed by atoms with E-state index in [9.17, 15) is 9.59 Å². The molecule has 26 heavy (non-hydrogen) atoms. The van der Waals surface area contributed by atoms with Crippen molar-refractivity contribution in [3.63, 3.8) is 0 Å². The molecule has 0 amide bonds. The van der Waals surface area contributed by atoms with Crippen LogP contribution < -0.4 is 10.1 Å². The topological polar surface area (TPSA) is 73.9 Å². The summed E-state index contributed by atoms with van der Waals surface area (Å²) in [5, 5.41) is 3.47. The Balaban J connectivity index is 2.88. The number of hydrogen-bond acceptors (Lipinski definition) is 7. The van der Waals surface area contributed by atoms with Gasteiger partial charge in [-0.1, -0.05) is 23.7 Å². The van der Waals surface area contributed by atoms with Crippen molar-refractivity contribution in [3.05, 3.63) is 41.1 Å². The Labute approximate surface area is 163 Å². The van der Waals surface area contributed by atoms with Crippen LogP contribution in [0.2, 0.25) is 5.02 Å². The maximum atomic E-state index is 11.9. The molecule has 0 aromatic heterocycles. The number of carbonyl (C=O) groups is 2. The van der Waals surface area contributed by atoms with E-state index < -0.39 is 12.0 Å². The Morgan fingerprint density at radius 3 is 2.69 bits per heavy atom. The minimum absolute atomic E-state index is 0.137. The van der Waals surface area contributed by atoms with E-state index in [1.165, 1.54) is 13.2 Å². The number of esters is 2. The van der Waals surface area contributed by atoms with Crippen molar-refractivity contribution in [2.75, 3.05) is 32.3 Å². The average molecular weight is 402 g/mol. The summed E-state index contributed by atoms with van der Waals surface area (Å²) in [5.74, 6) is 0.580. The Bertz CT molecular complexity index is 623. The molecule has 144 valence electrons. The van der Waals surface area contributed by atoms with Crippen LogP contribution in [0.5, 0.6) is 5.75 Å². The number of halogens is 1. The highest BCUT2D eigenvalue weighted by Crippen LogP contribution is 2.25. The number of hydrogen-bond donors (Lipinski definition) is 1. The lowest BCUT2D eigenvalue weighted by molar-refractivity contribution is -0.143. The first-order chi connectivity index (χ1) is 12.5. The third kappa shape index (κ3) is 8.12. The molecule has 0 aliphatic heterocycles. The molecule has 1 aromatic rings. The molecule has 0 radical (unpaired) electrons. The van der Waals surface area contributed by atoms with E-state index in [-0.39, 0.29) is 24.9 Å². The van der Waals surface area contributed by atoms with Gasteiger partial charge < -0.3 is 14.2 Å². The van der Waals surface area contributed by atoms with Crippen molar-refractivity contribution in [2.45, 2.75) is 19.4 Å². The van der Waals surface area contributed by atoms with Gasteiger partial charge in [0.1, 0.15) is 17.6 Å². The van der Waals surface area contributed by atoms with Crippen LogP contribution in [0.15, 0.2) is 36.1 Å². The van der Waals surface area contributed by atoms with E-state index in [1.54, 1.807) is 43.0 Å².